The Hall–Kier alpha value is -2.17. The summed E-state index contributed by atoms with van der Waals surface area (Å²) in [6.07, 6.45) is 4.23. The van der Waals surface area contributed by atoms with Crippen LogP contribution in [-0.2, 0) is 28.6 Å². The molecule has 0 atom stereocenters. The highest BCUT2D eigenvalue weighted by Gasteiger charge is 2.48. The third-order valence-corrected chi connectivity index (χ3v) is 3.72. The fourth-order valence-corrected chi connectivity index (χ4v) is 2.33. The normalized spacial score (nSPS) is 15.8. The maximum absolute atomic E-state index is 12.0. The van der Waals surface area contributed by atoms with Crippen LogP contribution in [0.1, 0.15) is 30.5 Å². The van der Waals surface area contributed by atoms with E-state index >= 15 is 0 Å². The molecule has 1 saturated carbocycles. The summed E-state index contributed by atoms with van der Waals surface area (Å²) < 4.78 is 7.01. The van der Waals surface area contributed by atoms with Crippen molar-refractivity contribution in [3.63, 3.8) is 0 Å². The average Bonchev–Trinajstić information content (AvgIpc) is 3.10. The summed E-state index contributed by atoms with van der Waals surface area (Å²) in [5.74, 6) is -0.169. The second kappa shape index (κ2) is 5.07. The molecule has 0 saturated heterocycles. The van der Waals surface area contributed by atoms with Crippen molar-refractivity contribution < 1.29 is 9.53 Å². The average molecular weight is 271 g/mol. The highest BCUT2D eigenvalue weighted by Crippen LogP contribution is 2.50. The molecule has 3 rings (SSSR count). The summed E-state index contributed by atoms with van der Waals surface area (Å²) in [4.78, 5) is 12.0. The summed E-state index contributed by atoms with van der Waals surface area (Å²) in [7, 11) is 1.83. The molecule has 0 amide bonds. The number of aryl methyl sites for hydroxylation is 1. The lowest BCUT2D eigenvalue weighted by atomic mass is 9.99. The van der Waals surface area contributed by atoms with Gasteiger partial charge in [0.1, 0.15) is 6.61 Å². The van der Waals surface area contributed by atoms with Gasteiger partial charge in [0.2, 0.25) is 0 Å². The number of rotatable bonds is 5. The smallest absolute Gasteiger partial charge is 0.307 e. The Morgan fingerprint density at radius 2 is 2.10 bits per heavy atom. The molecule has 1 aromatic carbocycles. The van der Waals surface area contributed by atoms with Gasteiger partial charge in [-0.3, -0.25) is 9.48 Å². The van der Waals surface area contributed by atoms with Crippen LogP contribution in [0.3, 0.4) is 0 Å². The Bertz CT molecular complexity index is 603. The molecule has 20 heavy (non-hydrogen) atoms. The van der Waals surface area contributed by atoms with Crippen LogP contribution in [0.2, 0.25) is 0 Å². The molecule has 104 valence electrons. The molecule has 1 aromatic heterocycles. The van der Waals surface area contributed by atoms with E-state index in [2.05, 4.69) is 10.3 Å². The molecule has 1 aliphatic rings. The molecule has 0 unspecified atom stereocenters. The second-order valence-corrected chi connectivity index (χ2v) is 5.38. The molecular formula is C15H17N3O2. The van der Waals surface area contributed by atoms with Crippen LogP contribution in [0.15, 0.2) is 36.5 Å². The lowest BCUT2D eigenvalue weighted by Crippen LogP contribution is -2.16. The van der Waals surface area contributed by atoms with Gasteiger partial charge in [0, 0.05) is 18.7 Å². The fourth-order valence-electron chi connectivity index (χ4n) is 2.33. The van der Waals surface area contributed by atoms with E-state index in [0.717, 1.165) is 24.1 Å². The predicted octanol–water partition coefficient (Wildman–Crippen LogP) is 1.98. The van der Waals surface area contributed by atoms with Gasteiger partial charge in [-0.05, 0) is 18.4 Å². The van der Waals surface area contributed by atoms with Gasteiger partial charge in [0.25, 0.3) is 0 Å². The van der Waals surface area contributed by atoms with Gasteiger partial charge in [-0.15, -0.1) is 5.10 Å². The van der Waals surface area contributed by atoms with E-state index in [1.807, 2.05) is 43.6 Å². The molecule has 1 fully saturated rings. The van der Waals surface area contributed by atoms with Crippen LogP contribution in [0.5, 0.6) is 0 Å². The number of nitrogens with zero attached hydrogens (tertiary/aromatic N) is 3. The summed E-state index contributed by atoms with van der Waals surface area (Å²) in [5, 5.41) is 8.06. The number of hydrogen-bond acceptors (Lipinski definition) is 4. The Morgan fingerprint density at radius 3 is 2.70 bits per heavy atom. The first-order valence-electron chi connectivity index (χ1n) is 6.74. The topological polar surface area (TPSA) is 57.0 Å². The van der Waals surface area contributed by atoms with Gasteiger partial charge in [0.15, 0.2) is 0 Å². The number of carbonyl (C=O) groups is 1. The number of esters is 1. The van der Waals surface area contributed by atoms with Crippen molar-refractivity contribution in [1.82, 2.24) is 15.0 Å². The number of carbonyl (C=O) groups excluding carboxylic acids is 1. The van der Waals surface area contributed by atoms with E-state index in [1.54, 1.807) is 4.68 Å². The lowest BCUT2D eigenvalue weighted by molar-refractivity contribution is -0.145. The second-order valence-electron chi connectivity index (χ2n) is 5.38. The number of aromatic nitrogens is 3. The summed E-state index contributed by atoms with van der Waals surface area (Å²) >= 11 is 0. The maximum Gasteiger partial charge on any atom is 0.307 e. The van der Waals surface area contributed by atoms with E-state index in [0.29, 0.717) is 13.0 Å². The summed E-state index contributed by atoms with van der Waals surface area (Å²) in [5.41, 5.74) is 1.77. The van der Waals surface area contributed by atoms with Gasteiger partial charge in [-0.2, -0.15) is 0 Å². The summed E-state index contributed by atoms with van der Waals surface area (Å²) in [6.45, 7) is 0.330. The number of ether oxygens (including phenoxy) is 1. The standard InChI is InChI=1S/C15H17N3O2/c1-18-10-13(16-17-18)15(7-8-15)9-14(19)20-11-12-5-3-2-4-6-12/h2-6,10H,7-9,11H2,1H3. The molecule has 0 spiro atoms. The number of hydrogen-bond donors (Lipinski definition) is 0. The quantitative estimate of drug-likeness (QED) is 0.780. The van der Waals surface area contributed by atoms with Crippen molar-refractivity contribution in [3.05, 3.63) is 47.8 Å². The summed E-state index contributed by atoms with van der Waals surface area (Å²) in [6, 6.07) is 9.71. The lowest BCUT2D eigenvalue weighted by Gasteiger charge is -2.11. The highest BCUT2D eigenvalue weighted by atomic mass is 16.5. The van der Waals surface area contributed by atoms with Crippen LogP contribution in [0, 0.1) is 0 Å². The zero-order valence-corrected chi connectivity index (χ0v) is 11.5. The van der Waals surface area contributed by atoms with Crippen LogP contribution in [0.4, 0.5) is 0 Å². The minimum atomic E-state index is -0.169. The van der Waals surface area contributed by atoms with E-state index in [1.165, 1.54) is 0 Å². The van der Waals surface area contributed by atoms with Crippen molar-refractivity contribution in [1.29, 1.82) is 0 Å². The Morgan fingerprint density at radius 1 is 1.35 bits per heavy atom. The maximum atomic E-state index is 12.0. The molecule has 2 aromatic rings. The first kappa shape index (κ1) is 12.8. The van der Waals surface area contributed by atoms with E-state index in [-0.39, 0.29) is 11.4 Å². The van der Waals surface area contributed by atoms with Crippen LogP contribution >= 0.6 is 0 Å². The highest BCUT2D eigenvalue weighted by molar-refractivity contribution is 5.72. The third-order valence-electron chi connectivity index (χ3n) is 3.72. The van der Waals surface area contributed by atoms with E-state index in [9.17, 15) is 4.79 Å². The first-order chi connectivity index (χ1) is 9.68. The van der Waals surface area contributed by atoms with Crippen molar-refractivity contribution in [2.24, 2.45) is 7.05 Å². The molecule has 5 heteroatoms. The molecule has 1 heterocycles. The van der Waals surface area contributed by atoms with Crippen LogP contribution in [-0.4, -0.2) is 21.0 Å². The number of benzene rings is 1. The van der Waals surface area contributed by atoms with Crippen molar-refractivity contribution in [3.8, 4) is 0 Å². The first-order valence-corrected chi connectivity index (χ1v) is 6.74. The Labute approximate surface area is 117 Å². The Kier molecular flexibility index (Phi) is 3.26. The van der Waals surface area contributed by atoms with Gasteiger partial charge in [0.05, 0.1) is 12.1 Å². The van der Waals surface area contributed by atoms with Gasteiger partial charge >= 0.3 is 5.97 Å². The SMILES string of the molecule is Cn1cc(C2(CC(=O)OCc3ccccc3)CC2)nn1. The Balaban J connectivity index is 1.57. The molecule has 1 aliphatic carbocycles. The van der Waals surface area contributed by atoms with Crippen molar-refractivity contribution in [2.45, 2.75) is 31.3 Å². The zero-order valence-electron chi connectivity index (χ0n) is 11.5. The molecular weight excluding hydrogens is 254 g/mol. The minimum Gasteiger partial charge on any atom is -0.461 e. The molecule has 0 radical (unpaired) electrons. The zero-order chi connectivity index (χ0) is 14.0. The van der Waals surface area contributed by atoms with Crippen molar-refractivity contribution >= 4 is 5.97 Å². The van der Waals surface area contributed by atoms with Crippen LogP contribution in [0.25, 0.3) is 0 Å². The van der Waals surface area contributed by atoms with Gasteiger partial charge < -0.3 is 4.74 Å². The predicted molar refractivity (Wildman–Crippen MR) is 72.8 cm³/mol. The van der Waals surface area contributed by atoms with E-state index < -0.39 is 0 Å². The van der Waals surface area contributed by atoms with Gasteiger partial charge in [-0.25, -0.2) is 0 Å². The van der Waals surface area contributed by atoms with Crippen molar-refractivity contribution in [2.75, 3.05) is 0 Å². The van der Waals surface area contributed by atoms with Gasteiger partial charge in [-0.1, -0.05) is 35.5 Å². The van der Waals surface area contributed by atoms with E-state index in [4.69, 9.17) is 4.74 Å². The minimum absolute atomic E-state index is 0.137. The monoisotopic (exact) mass is 271 g/mol. The van der Waals surface area contributed by atoms with Crippen LogP contribution < -0.4 is 0 Å². The molecule has 0 bridgehead atoms. The molecule has 5 nitrogen and oxygen atoms in total. The largest absolute Gasteiger partial charge is 0.461 e. The fraction of sp³-hybridized carbons (Fsp3) is 0.400. The molecule has 0 N–H and O–H groups in total. The third kappa shape index (κ3) is 2.71. The molecule has 0 aliphatic heterocycles.